The molecule has 1 saturated heterocycles. The van der Waals surface area contributed by atoms with Crippen molar-refractivity contribution in [2.45, 2.75) is 56.7 Å². The second-order valence-corrected chi connectivity index (χ2v) is 11.4. The van der Waals surface area contributed by atoms with E-state index in [9.17, 15) is 22.8 Å². The first-order valence-electron chi connectivity index (χ1n) is 12.7. The normalized spacial score (nSPS) is 31.2. The molecule has 2 aromatic rings. The Balaban J connectivity index is 1.30. The molecule has 4 aliphatic carbocycles. The van der Waals surface area contributed by atoms with E-state index in [1.54, 1.807) is 17.7 Å². The van der Waals surface area contributed by atoms with E-state index in [2.05, 4.69) is 22.6 Å². The average molecular weight is 501 g/mol. The molecule has 7 rings (SSSR count). The Morgan fingerprint density at radius 1 is 1.14 bits per heavy atom. The number of aromatic nitrogens is 1. The van der Waals surface area contributed by atoms with Gasteiger partial charge in [0, 0.05) is 42.5 Å². The molecule has 1 aromatic carbocycles. The number of halogens is 3. The van der Waals surface area contributed by atoms with Crippen LogP contribution in [0.15, 0.2) is 35.3 Å². The Bertz CT molecular complexity index is 1250. The summed E-state index contributed by atoms with van der Waals surface area (Å²) in [6.07, 6.45) is 2.67. The molecular formula is C27H31F3N4O2. The third-order valence-corrected chi connectivity index (χ3v) is 8.96. The second-order valence-electron chi connectivity index (χ2n) is 11.4. The lowest BCUT2D eigenvalue weighted by Gasteiger charge is -2.62. The van der Waals surface area contributed by atoms with Crippen molar-refractivity contribution in [3.63, 3.8) is 0 Å². The molecule has 4 atom stereocenters. The maximum atomic E-state index is 14.7. The van der Waals surface area contributed by atoms with E-state index in [0.717, 1.165) is 44.8 Å². The van der Waals surface area contributed by atoms with E-state index in [1.165, 1.54) is 18.2 Å². The number of hydrogen-bond donors (Lipinski definition) is 2. The van der Waals surface area contributed by atoms with Gasteiger partial charge in [0.05, 0.1) is 22.9 Å². The number of nitrogens with zero attached hydrogens (tertiary/aromatic N) is 2. The summed E-state index contributed by atoms with van der Waals surface area (Å²) in [6, 6.07) is 4.69. The summed E-state index contributed by atoms with van der Waals surface area (Å²) in [5.74, 6) is 0.0887. The number of rotatable bonds is 7. The largest absolute Gasteiger partial charge is 0.381 e. The molecule has 2 heterocycles. The molecule has 5 fully saturated rings. The van der Waals surface area contributed by atoms with Crippen LogP contribution in [0.2, 0.25) is 0 Å². The van der Waals surface area contributed by atoms with Crippen LogP contribution in [0.4, 0.5) is 18.9 Å². The fourth-order valence-corrected chi connectivity index (χ4v) is 6.89. The Morgan fingerprint density at radius 3 is 2.42 bits per heavy atom. The number of anilines is 1. The van der Waals surface area contributed by atoms with Crippen LogP contribution in [0, 0.1) is 23.6 Å². The number of amides is 1. The van der Waals surface area contributed by atoms with Crippen LogP contribution in [0.1, 0.15) is 66.6 Å². The predicted octanol–water partition coefficient (Wildman–Crippen LogP) is 4.29. The van der Waals surface area contributed by atoms with Gasteiger partial charge in [0.25, 0.3) is 17.9 Å². The molecule has 2 N–H and O–H groups in total. The van der Waals surface area contributed by atoms with Gasteiger partial charge in [0.1, 0.15) is 5.82 Å². The molecule has 5 aliphatic rings. The van der Waals surface area contributed by atoms with Gasteiger partial charge in [-0.3, -0.25) is 9.59 Å². The lowest BCUT2D eigenvalue weighted by molar-refractivity contribution is -0.0914. The van der Waals surface area contributed by atoms with E-state index in [-0.39, 0.29) is 22.7 Å². The average Bonchev–Trinajstić information content (AvgIpc) is 2.76. The molecule has 36 heavy (non-hydrogen) atoms. The second kappa shape index (κ2) is 8.36. The van der Waals surface area contributed by atoms with Crippen LogP contribution >= 0.6 is 0 Å². The summed E-state index contributed by atoms with van der Waals surface area (Å²) in [4.78, 5) is 28.9. The smallest absolute Gasteiger partial charge is 0.266 e. The van der Waals surface area contributed by atoms with Crippen molar-refractivity contribution in [1.82, 2.24) is 14.8 Å². The van der Waals surface area contributed by atoms with E-state index in [4.69, 9.17) is 0 Å². The standard InChI is InChI=1S/C27H31F3N4O2/c1-14(18-4-3-5-19(23(18)28)25(29)30)31-26(36)20-13-34(27-8-15(9-27)10-27)22(35)7-21(20)32-24-16-6-17(24)12-33(2)11-16/h3-5,7,13-17,24-25,32H,6,8-12H2,1-2H3,(H,31,36)/t14-,15?,16-,17+,24-,27?/m1/s1. The van der Waals surface area contributed by atoms with Crippen LogP contribution in [-0.2, 0) is 5.54 Å². The molecule has 4 saturated carbocycles. The molecule has 0 spiro atoms. The van der Waals surface area contributed by atoms with Gasteiger partial charge in [-0.15, -0.1) is 0 Å². The number of pyridine rings is 1. The molecule has 6 nitrogen and oxygen atoms in total. The molecule has 1 aliphatic heterocycles. The van der Waals surface area contributed by atoms with Crippen molar-refractivity contribution in [1.29, 1.82) is 0 Å². The molecular weight excluding hydrogens is 469 g/mol. The third-order valence-electron chi connectivity index (χ3n) is 8.96. The molecule has 1 amide bonds. The summed E-state index contributed by atoms with van der Waals surface area (Å²) in [5, 5.41) is 6.28. The van der Waals surface area contributed by atoms with Crippen LogP contribution in [0.25, 0.3) is 0 Å². The highest BCUT2D eigenvalue weighted by atomic mass is 19.3. The lowest BCUT2D eigenvalue weighted by atomic mass is 9.49. The van der Waals surface area contributed by atoms with Crippen molar-refractivity contribution in [2.75, 3.05) is 25.5 Å². The number of carbonyl (C=O) groups excluding carboxylic acids is 1. The Hall–Kier alpha value is -2.81. The summed E-state index contributed by atoms with van der Waals surface area (Å²) < 4.78 is 42.8. The minimum Gasteiger partial charge on any atom is -0.381 e. The van der Waals surface area contributed by atoms with Crippen molar-refractivity contribution in [3.05, 3.63) is 63.3 Å². The predicted molar refractivity (Wildman–Crippen MR) is 130 cm³/mol. The van der Waals surface area contributed by atoms with E-state index >= 15 is 0 Å². The fourth-order valence-electron chi connectivity index (χ4n) is 6.89. The maximum Gasteiger partial charge on any atom is 0.266 e. The first kappa shape index (κ1) is 23.6. The molecule has 0 radical (unpaired) electrons. The van der Waals surface area contributed by atoms with Gasteiger partial charge < -0.3 is 20.1 Å². The van der Waals surface area contributed by atoms with E-state index in [1.807, 2.05) is 0 Å². The Labute approximate surface area is 207 Å². The zero-order chi connectivity index (χ0) is 25.4. The summed E-state index contributed by atoms with van der Waals surface area (Å²) in [6.45, 7) is 3.50. The van der Waals surface area contributed by atoms with Gasteiger partial charge in [-0.1, -0.05) is 18.2 Å². The van der Waals surface area contributed by atoms with Crippen LogP contribution < -0.4 is 16.2 Å². The highest BCUT2D eigenvalue weighted by Crippen LogP contribution is 2.61. The zero-order valence-corrected chi connectivity index (χ0v) is 20.4. The van der Waals surface area contributed by atoms with Crippen LogP contribution in [-0.4, -0.2) is 41.6 Å². The summed E-state index contributed by atoms with van der Waals surface area (Å²) >= 11 is 0. The zero-order valence-electron chi connectivity index (χ0n) is 20.4. The number of carbonyl (C=O) groups is 1. The Morgan fingerprint density at radius 2 is 1.81 bits per heavy atom. The first-order chi connectivity index (χ1) is 17.1. The fraction of sp³-hybridized carbons (Fsp3) is 0.556. The SMILES string of the molecule is C[C@@H](NC(=O)c1cn(C23CC(C2)C3)c(=O)cc1N[C@@H]1[C@@H]2C[C@H]1CN(C)C2)c1cccc(C(F)F)c1F. The highest BCUT2D eigenvalue weighted by molar-refractivity contribution is 5.99. The van der Waals surface area contributed by atoms with Crippen molar-refractivity contribution in [3.8, 4) is 0 Å². The number of piperidine rings is 2. The lowest BCUT2D eigenvalue weighted by Crippen LogP contribution is -2.62. The molecule has 192 valence electrons. The number of benzene rings is 1. The van der Waals surface area contributed by atoms with Gasteiger partial charge >= 0.3 is 0 Å². The monoisotopic (exact) mass is 500 g/mol. The van der Waals surface area contributed by atoms with Gasteiger partial charge in [0.15, 0.2) is 0 Å². The number of nitrogens with one attached hydrogen (secondary N) is 2. The van der Waals surface area contributed by atoms with E-state index in [0.29, 0.717) is 29.0 Å². The van der Waals surface area contributed by atoms with Crippen LogP contribution in [0.3, 0.4) is 0 Å². The van der Waals surface area contributed by atoms with Gasteiger partial charge in [-0.2, -0.15) is 0 Å². The molecule has 0 unspecified atom stereocenters. The summed E-state index contributed by atoms with van der Waals surface area (Å²) in [7, 11) is 2.10. The number of alkyl halides is 2. The number of likely N-dealkylation sites (tertiary alicyclic amines) is 1. The van der Waals surface area contributed by atoms with E-state index < -0.39 is 29.8 Å². The molecule has 9 heteroatoms. The third kappa shape index (κ3) is 3.66. The van der Waals surface area contributed by atoms with Crippen LogP contribution in [0.5, 0.6) is 0 Å². The van der Waals surface area contributed by atoms with Gasteiger partial charge in [0.2, 0.25) is 0 Å². The highest BCUT2D eigenvalue weighted by Gasteiger charge is 2.58. The number of fused-ring (bicyclic) bond motifs is 2. The molecule has 4 bridgehead atoms. The van der Waals surface area contributed by atoms with Crippen molar-refractivity contribution in [2.24, 2.45) is 17.8 Å². The quantitative estimate of drug-likeness (QED) is 0.596. The molecule has 1 aromatic heterocycles. The minimum absolute atomic E-state index is 0.0000331. The minimum atomic E-state index is -2.94. The summed E-state index contributed by atoms with van der Waals surface area (Å²) in [5.41, 5.74) is -0.199. The van der Waals surface area contributed by atoms with Crippen molar-refractivity contribution < 1.29 is 18.0 Å². The van der Waals surface area contributed by atoms with Gasteiger partial charge in [-0.25, -0.2) is 13.2 Å². The number of hydrogen-bond acceptors (Lipinski definition) is 4. The maximum absolute atomic E-state index is 14.7. The topological polar surface area (TPSA) is 66.4 Å². The van der Waals surface area contributed by atoms with Crippen molar-refractivity contribution >= 4 is 11.6 Å². The first-order valence-corrected chi connectivity index (χ1v) is 12.7. The van der Waals surface area contributed by atoms with Gasteiger partial charge in [-0.05, 0) is 57.4 Å². The Kier molecular flexibility index (Phi) is 5.48.